The maximum atomic E-state index is 12.4. The summed E-state index contributed by atoms with van der Waals surface area (Å²) in [6, 6.07) is 12.3. The lowest BCUT2D eigenvalue weighted by Gasteiger charge is -2.10. The van der Waals surface area contributed by atoms with E-state index in [2.05, 4.69) is 17.5 Å². The van der Waals surface area contributed by atoms with E-state index in [1.807, 2.05) is 6.07 Å². The van der Waals surface area contributed by atoms with Crippen LogP contribution in [0.15, 0.2) is 47.6 Å². The summed E-state index contributed by atoms with van der Waals surface area (Å²) in [6.07, 6.45) is 5.87. The number of hydrogen-bond donors (Lipinski definition) is 1. The van der Waals surface area contributed by atoms with Crippen molar-refractivity contribution in [2.75, 3.05) is 6.61 Å². The molecule has 0 aliphatic heterocycles. The Morgan fingerprint density at radius 2 is 1.81 bits per heavy atom. The van der Waals surface area contributed by atoms with Gasteiger partial charge >= 0.3 is 0 Å². The van der Waals surface area contributed by atoms with Crippen molar-refractivity contribution in [1.29, 1.82) is 0 Å². The molecule has 0 saturated carbocycles. The molecule has 1 amide bonds. The van der Waals surface area contributed by atoms with Crippen LogP contribution in [0.25, 0.3) is 0 Å². The summed E-state index contributed by atoms with van der Waals surface area (Å²) >= 11 is 12.1. The van der Waals surface area contributed by atoms with E-state index in [0.717, 1.165) is 12.8 Å². The van der Waals surface area contributed by atoms with Crippen LogP contribution in [0, 0.1) is 0 Å². The molecule has 0 saturated heterocycles. The molecule has 1 N–H and O–H groups in total. The maximum Gasteiger partial charge on any atom is 0.275 e. The average molecular weight is 393 g/mol. The van der Waals surface area contributed by atoms with Gasteiger partial charge in [0, 0.05) is 5.56 Å². The summed E-state index contributed by atoms with van der Waals surface area (Å²) in [5, 5.41) is 4.88. The van der Waals surface area contributed by atoms with Crippen molar-refractivity contribution < 1.29 is 9.53 Å². The van der Waals surface area contributed by atoms with Crippen LogP contribution in [0.1, 0.15) is 48.5 Å². The maximum absolute atomic E-state index is 12.4. The molecule has 138 valence electrons. The Labute approximate surface area is 164 Å². The van der Waals surface area contributed by atoms with Gasteiger partial charge in [0.2, 0.25) is 0 Å². The quantitative estimate of drug-likeness (QED) is 0.337. The third-order valence-electron chi connectivity index (χ3n) is 3.75. The summed E-state index contributed by atoms with van der Waals surface area (Å²) in [7, 11) is 0. The highest BCUT2D eigenvalue weighted by Crippen LogP contribution is 2.22. The van der Waals surface area contributed by atoms with Gasteiger partial charge in [-0.3, -0.25) is 4.79 Å². The normalized spacial score (nSPS) is 10.9. The van der Waals surface area contributed by atoms with E-state index in [-0.39, 0.29) is 5.91 Å². The number of nitrogens with one attached hydrogen (secondary N) is 1. The number of benzene rings is 2. The average Bonchev–Trinajstić information content (AvgIpc) is 2.64. The van der Waals surface area contributed by atoms with E-state index in [9.17, 15) is 4.79 Å². The van der Waals surface area contributed by atoms with Gasteiger partial charge in [-0.2, -0.15) is 5.10 Å². The smallest absolute Gasteiger partial charge is 0.275 e. The Bertz CT molecular complexity index is 743. The lowest BCUT2D eigenvalue weighted by molar-refractivity contribution is 0.0951. The van der Waals surface area contributed by atoms with E-state index in [1.165, 1.54) is 19.1 Å². The number of amides is 1. The first kappa shape index (κ1) is 20.3. The third kappa shape index (κ3) is 6.04. The topological polar surface area (TPSA) is 50.7 Å². The number of hydrogen-bond acceptors (Lipinski definition) is 3. The molecule has 0 aliphatic rings. The lowest BCUT2D eigenvalue weighted by Crippen LogP contribution is -2.19. The molecule has 0 unspecified atom stereocenters. The summed E-state index contributed by atoms with van der Waals surface area (Å²) in [5.41, 5.74) is 3.47. The zero-order valence-corrected chi connectivity index (χ0v) is 16.2. The van der Waals surface area contributed by atoms with Crippen LogP contribution in [0.3, 0.4) is 0 Å². The Kier molecular flexibility index (Phi) is 8.45. The molecule has 0 atom stereocenters. The molecule has 2 aromatic carbocycles. The van der Waals surface area contributed by atoms with Crippen LogP contribution in [0.5, 0.6) is 5.75 Å². The van der Waals surface area contributed by atoms with Crippen LogP contribution in [-0.4, -0.2) is 18.7 Å². The standard InChI is InChI=1S/C20H22Cl2N2O2/c1-2-3-4-7-13-26-19-12-6-5-9-15(19)20(25)24-23-14-16-17(21)10-8-11-18(16)22/h5-6,8-12,14H,2-4,7,13H2,1H3,(H,24,25)/b23-14-. The first-order chi connectivity index (χ1) is 12.6. The number of hydrazone groups is 1. The number of unbranched alkanes of at least 4 members (excludes halogenated alkanes) is 3. The number of ether oxygens (including phenoxy) is 1. The molecule has 0 aliphatic carbocycles. The fourth-order valence-electron chi connectivity index (χ4n) is 2.34. The van der Waals surface area contributed by atoms with Crippen LogP contribution >= 0.6 is 23.2 Å². The molecule has 2 aromatic rings. The highest BCUT2D eigenvalue weighted by atomic mass is 35.5. The Balaban J connectivity index is 1.98. The Morgan fingerprint density at radius 1 is 1.08 bits per heavy atom. The van der Waals surface area contributed by atoms with Crippen molar-refractivity contribution in [3.05, 3.63) is 63.6 Å². The largest absolute Gasteiger partial charge is 0.493 e. The minimum atomic E-state index is -0.353. The second-order valence-electron chi connectivity index (χ2n) is 5.74. The second kappa shape index (κ2) is 10.8. The molecule has 0 heterocycles. The van der Waals surface area contributed by atoms with Crippen molar-refractivity contribution in [3.8, 4) is 5.75 Å². The number of nitrogens with zero attached hydrogens (tertiary/aromatic N) is 1. The van der Waals surface area contributed by atoms with Gasteiger partial charge in [-0.05, 0) is 30.7 Å². The molecule has 0 fully saturated rings. The zero-order chi connectivity index (χ0) is 18.8. The molecule has 2 rings (SSSR count). The van der Waals surface area contributed by atoms with Crippen LogP contribution in [0.2, 0.25) is 10.0 Å². The highest BCUT2D eigenvalue weighted by molar-refractivity contribution is 6.38. The van der Waals surface area contributed by atoms with Gasteiger partial charge in [-0.1, -0.05) is 67.6 Å². The second-order valence-corrected chi connectivity index (χ2v) is 6.55. The van der Waals surface area contributed by atoms with E-state index < -0.39 is 0 Å². The van der Waals surface area contributed by atoms with Crippen LogP contribution in [0.4, 0.5) is 0 Å². The number of carbonyl (C=O) groups excluding carboxylic acids is 1. The van der Waals surface area contributed by atoms with Gasteiger partial charge < -0.3 is 4.74 Å². The molecular weight excluding hydrogens is 371 g/mol. The predicted molar refractivity (Wildman–Crippen MR) is 108 cm³/mol. The monoisotopic (exact) mass is 392 g/mol. The molecule has 0 radical (unpaired) electrons. The van der Waals surface area contributed by atoms with Crippen LogP contribution in [-0.2, 0) is 0 Å². The van der Waals surface area contributed by atoms with Gasteiger partial charge in [0.15, 0.2) is 0 Å². The van der Waals surface area contributed by atoms with Crippen molar-refractivity contribution in [1.82, 2.24) is 5.43 Å². The lowest BCUT2D eigenvalue weighted by atomic mass is 10.2. The van der Waals surface area contributed by atoms with E-state index in [4.69, 9.17) is 27.9 Å². The van der Waals surface area contributed by atoms with Gasteiger partial charge in [0.25, 0.3) is 5.91 Å². The van der Waals surface area contributed by atoms with Gasteiger partial charge in [0.05, 0.1) is 28.4 Å². The fraction of sp³-hybridized carbons (Fsp3) is 0.300. The minimum absolute atomic E-state index is 0.353. The van der Waals surface area contributed by atoms with Gasteiger partial charge in [-0.25, -0.2) is 5.43 Å². The summed E-state index contributed by atoms with van der Waals surface area (Å²) in [6.45, 7) is 2.75. The Hall–Kier alpha value is -2.04. The third-order valence-corrected chi connectivity index (χ3v) is 4.41. The van der Waals surface area contributed by atoms with Crippen molar-refractivity contribution in [2.45, 2.75) is 32.6 Å². The summed E-state index contributed by atoms with van der Waals surface area (Å²) < 4.78 is 5.75. The summed E-state index contributed by atoms with van der Waals surface area (Å²) in [4.78, 5) is 12.4. The molecular formula is C20H22Cl2N2O2. The SMILES string of the molecule is CCCCCCOc1ccccc1C(=O)N/N=C\c1c(Cl)cccc1Cl. The van der Waals surface area contributed by atoms with Crippen molar-refractivity contribution in [3.63, 3.8) is 0 Å². The predicted octanol–water partition coefficient (Wildman–Crippen LogP) is 5.72. The van der Waals surface area contributed by atoms with Crippen molar-refractivity contribution >= 4 is 35.3 Å². The van der Waals surface area contributed by atoms with Gasteiger partial charge in [0.1, 0.15) is 5.75 Å². The van der Waals surface area contributed by atoms with Crippen molar-refractivity contribution in [2.24, 2.45) is 5.10 Å². The first-order valence-electron chi connectivity index (χ1n) is 8.62. The van der Waals surface area contributed by atoms with E-state index >= 15 is 0 Å². The zero-order valence-electron chi connectivity index (χ0n) is 14.7. The van der Waals surface area contributed by atoms with E-state index in [0.29, 0.717) is 33.5 Å². The first-order valence-corrected chi connectivity index (χ1v) is 9.38. The fourth-order valence-corrected chi connectivity index (χ4v) is 2.84. The van der Waals surface area contributed by atoms with Gasteiger partial charge in [-0.15, -0.1) is 0 Å². The van der Waals surface area contributed by atoms with Crippen LogP contribution < -0.4 is 10.2 Å². The number of rotatable bonds is 9. The Morgan fingerprint density at radius 3 is 2.54 bits per heavy atom. The summed E-state index contributed by atoms with van der Waals surface area (Å²) in [5.74, 6) is 0.195. The highest BCUT2D eigenvalue weighted by Gasteiger charge is 2.11. The molecule has 6 heteroatoms. The molecule has 0 aromatic heterocycles. The number of halogens is 2. The minimum Gasteiger partial charge on any atom is -0.493 e. The number of para-hydroxylation sites is 1. The molecule has 0 bridgehead atoms. The molecule has 26 heavy (non-hydrogen) atoms. The van der Waals surface area contributed by atoms with E-state index in [1.54, 1.807) is 36.4 Å². The molecule has 0 spiro atoms. The molecule has 4 nitrogen and oxygen atoms in total. The number of carbonyl (C=O) groups is 1.